The Labute approximate surface area is 245 Å². The summed E-state index contributed by atoms with van der Waals surface area (Å²) in [6.45, 7) is 4.74. The number of sulfone groups is 1. The second-order valence-corrected chi connectivity index (χ2v) is 13.7. The van der Waals surface area contributed by atoms with E-state index in [0.717, 1.165) is 60.8 Å². The number of thiophene rings is 1. The lowest BCUT2D eigenvalue weighted by atomic mass is 9.96. The van der Waals surface area contributed by atoms with Crippen LogP contribution in [0.15, 0.2) is 52.7 Å². The molecule has 0 aliphatic carbocycles. The number of carbonyl (C=O) groups excluding carboxylic acids is 3. The van der Waals surface area contributed by atoms with Crippen LogP contribution in [0.4, 0.5) is 15.8 Å². The van der Waals surface area contributed by atoms with E-state index in [1.807, 2.05) is 0 Å². The molecule has 1 fully saturated rings. The van der Waals surface area contributed by atoms with E-state index in [9.17, 15) is 22.8 Å². The molecule has 0 bridgehead atoms. The average molecular weight is 620 g/mol. The molecule has 0 spiro atoms. The number of halogens is 2. The van der Waals surface area contributed by atoms with Gasteiger partial charge in [0.15, 0.2) is 15.6 Å². The molecule has 5 rings (SSSR count). The maximum Gasteiger partial charge on any atom is 0.265 e. The van der Waals surface area contributed by atoms with Crippen molar-refractivity contribution < 1.29 is 31.9 Å². The van der Waals surface area contributed by atoms with Crippen molar-refractivity contribution in [3.8, 4) is 0 Å². The molecule has 2 aliphatic rings. The molecular formula is C28H27ClFN3O6S2. The molecule has 0 radical (unpaired) electrons. The van der Waals surface area contributed by atoms with Gasteiger partial charge in [-0.3, -0.25) is 19.3 Å². The van der Waals surface area contributed by atoms with Gasteiger partial charge in [0.2, 0.25) is 5.91 Å². The second kappa shape index (κ2) is 12.4. The van der Waals surface area contributed by atoms with Gasteiger partial charge in [0.25, 0.3) is 5.91 Å². The lowest BCUT2D eigenvalue weighted by Gasteiger charge is -2.28. The number of benzene rings is 2. The third kappa shape index (κ3) is 6.84. The topological polar surface area (TPSA) is 113 Å². The van der Waals surface area contributed by atoms with E-state index in [-0.39, 0.29) is 32.6 Å². The van der Waals surface area contributed by atoms with E-state index in [4.69, 9.17) is 16.3 Å². The van der Waals surface area contributed by atoms with Crippen molar-refractivity contribution in [3.63, 3.8) is 0 Å². The molecule has 1 saturated heterocycles. The summed E-state index contributed by atoms with van der Waals surface area (Å²) < 4.78 is 45.7. The Bertz CT molecular complexity index is 1600. The van der Waals surface area contributed by atoms with E-state index in [1.165, 1.54) is 24.3 Å². The highest BCUT2D eigenvalue weighted by Crippen LogP contribution is 2.30. The number of nitrogens with zero attached hydrogens (tertiary/aromatic N) is 2. The highest BCUT2D eigenvalue weighted by atomic mass is 35.5. The number of carbonyl (C=O) groups is 3. The highest BCUT2D eigenvalue weighted by Gasteiger charge is 2.34. The summed E-state index contributed by atoms with van der Waals surface area (Å²) in [4.78, 5) is 41.8. The molecule has 3 aromatic rings. The number of morpholine rings is 1. The Hall–Kier alpha value is -3.16. The minimum absolute atomic E-state index is 0.0179. The lowest BCUT2D eigenvalue weighted by Crippen LogP contribution is -2.43. The molecule has 3 heterocycles. The first kappa shape index (κ1) is 29.3. The van der Waals surface area contributed by atoms with Crippen LogP contribution in [0.2, 0.25) is 4.34 Å². The van der Waals surface area contributed by atoms with Gasteiger partial charge in [-0.25, -0.2) is 17.7 Å². The molecule has 0 atom stereocenters. The summed E-state index contributed by atoms with van der Waals surface area (Å²) in [7, 11) is -3.87. The molecule has 9 nitrogen and oxygen atoms in total. The van der Waals surface area contributed by atoms with Gasteiger partial charge in [0, 0.05) is 43.9 Å². The van der Waals surface area contributed by atoms with Crippen LogP contribution in [0.3, 0.4) is 0 Å². The Balaban J connectivity index is 1.23. The van der Waals surface area contributed by atoms with Crippen molar-refractivity contribution in [2.75, 3.05) is 55.4 Å². The first-order chi connectivity index (χ1) is 19.6. The smallest absolute Gasteiger partial charge is 0.265 e. The standard InChI is InChI=1S/C28H27ClFN3O6S2/c29-25-5-6-27(40-25)41(37,38)17-21(34)13-18-1-4-24(23(30)14-18)33-26(35)16-19-15-20(2-3-22(19)28(33)36)31-7-8-32-9-11-39-12-10-32/h1-6,14-15,31H,7-13,16-17H2. The number of fused-ring (bicyclic) bond motifs is 1. The van der Waals surface area contributed by atoms with Crippen molar-refractivity contribution in [1.29, 1.82) is 0 Å². The fourth-order valence-corrected chi connectivity index (χ4v) is 7.64. The number of hydrogen-bond donors (Lipinski definition) is 1. The molecular weight excluding hydrogens is 593 g/mol. The molecule has 1 aromatic heterocycles. The predicted molar refractivity (Wildman–Crippen MR) is 154 cm³/mol. The lowest BCUT2D eigenvalue weighted by molar-refractivity contribution is -0.118. The van der Waals surface area contributed by atoms with Gasteiger partial charge in [0.1, 0.15) is 15.8 Å². The number of hydrogen-bond acceptors (Lipinski definition) is 9. The highest BCUT2D eigenvalue weighted by molar-refractivity contribution is 7.94. The maximum absolute atomic E-state index is 15.2. The van der Waals surface area contributed by atoms with Gasteiger partial charge < -0.3 is 10.1 Å². The van der Waals surface area contributed by atoms with Gasteiger partial charge >= 0.3 is 0 Å². The molecule has 2 aliphatic heterocycles. The van der Waals surface area contributed by atoms with E-state index < -0.39 is 39.0 Å². The van der Waals surface area contributed by atoms with E-state index in [0.29, 0.717) is 17.7 Å². The van der Waals surface area contributed by atoms with Gasteiger partial charge in [0.05, 0.1) is 29.7 Å². The summed E-state index contributed by atoms with van der Waals surface area (Å²) in [5.41, 5.74) is 1.65. The largest absolute Gasteiger partial charge is 0.384 e. The summed E-state index contributed by atoms with van der Waals surface area (Å²) in [6.07, 6.45) is -0.411. The van der Waals surface area contributed by atoms with Crippen LogP contribution in [0, 0.1) is 5.82 Å². The molecule has 0 saturated carbocycles. The normalized spacial score (nSPS) is 16.1. The van der Waals surface area contributed by atoms with Gasteiger partial charge in [-0.15, -0.1) is 11.3 Å². The number of imide groups is 1. The monoisotopic (exact) mass is 619 g/mol. The van der Waals surface area contributed by atoms with Crippen LogP contribution in [0.1, 0.15) is 21.5 Å². The molecule has 2 aromatic carbocycles. The summed E-state index contributed by atoms with van der Waals surface area (Å²) >= 11 is 6.65. The third-order valence-electron chi connectivity index (χ3n) is 6.85. The van der Waals surface area contributed by atoms with Crippen molar-refractivity contribution in [2.24, 2.45) is 0 Å². The number of nitrogens with one attached hydrogen (secondary N) is 1. The Morgan fingerprint density at radius 1 is 1.07 bits per heavy atom. The number of ether oxygens (including phenoxy) is 1. The maximum atomic E-state index is 15.2. The molecule has 216 valence electrons. The van der Waals surface area contributed by atoms with Crippen LogP contribution in [0.25, 0.3) is 0 Å². The zero-order valence-corrected chi connectivity index (χ0v) is 24.3. The van der Waals surface area contributed by atoms with Crippen LogP contribution < -0.4 is 10.2 Å². The Morgan fingerprint density at radius 2 is 1.85 bits per heavy atom. The van der Waals surface area contributed by atoms with Crippen LogP contribution in [0.5, 0.6) is 0 Å². The number of amides is 2. The summed E-state index contributed by atoms with van der Waals surface area (Å²) in [5, 5.41) is 3.32. The summed E-state index contributed by atoms with van der Waals surface area (Å²) in [5.74, 6) is -3.46. The Morgan fingerprint density at radius 3 is 2.56 bits per heavy atom. The first-order valence-corrected chi connectivity index (χ1v) is 15.8. The van der Waals surface area contributed by atoms with E-state index >= 15 is 4.39 Å². The van der Waals surface area contributed by atoms with Crippen molar-refractivity contribution in [2.45, 2.75) is 17.1 Å². The minimum atomic E-state index is -3.87. The van der Waals surface area contributed by atoms with Gasteiger partial charge in [-0.05, 0) is 53.6 Å². The number of Topliss-reactive ketones (excluding diaryl/α,β-unsaturated/α-hetero) is 1. The number of rotatable bonds is 10. The van der Waals surface area contributed by atoms with Crippen LogP contribution in [-0.2, 0) is 37.0 Å². The van der Waals surface area contributed by atoms with Crippen molar-refractivity contribution >= 4 is 61.7 Å². The fourth-order valence-electron chi connectivity index (χ4n) is 4.83. The van der Waals surface area contributed by atoms with Crippen LogP contribution in [-0.4, -0.2) is 76.1 Å². The van der Waals surface area contributed by atoms with E-state index in [1.54, 1.807) is 18.2 Å². The molecule has 41 heavy (non-hydrogen) atoms. The van der Waals surface area contributed by atoms with Gasteiger partial charge in [-0.1, -0.05) is 17.7 Å². The molecule has 0 unspecified atom stereocenters. The second-order valence-electron chi connectivity index (χ2n) is 9.78. The molecule has 13 heteroatoms. The zero-order chi connectivity index (χ0) is 29.1. The summed E-state index contributed by atoms with van der Waals surface area (Å²) in [6, 6.07) is 11.6. The Kier molecular flexibility index (Phi) is 8.85. The average Bonchev–Trinajstić information content (AvgIpc) is 3.37. The molecule has 1 N–H and O–H groups in total. The van der Waals surface area contributed by atoms with Crippen molar-refractivity contribution in [1.82, 2.24) is 4.90 Å². The quantitative estimate of drug-likeness (QED) is 0.343. The first-order valence-electron chi connectivity index (χ1n) is 12.9. The number of anilines is 2. The zero-order valence-electron chi connectivity index (χ0n) is 21.9. The SMILES string of the molecule is O=C(Cc1ccc(N2C(=O)Cc3cc(NCCN4CCOCC4)ccc3C2=O)c(F)c1)CS(=O)(=O)c1ccc(Cl)s1. The predicted octanol–water partition coefficient (Wildman–Crippen LogP) is 3.60. The molecule has 2 amide bonds. The van der Waals surface area contributed by atoms with Crippen LogP contribution >= 0.6 is 22.9 Å². The van der Waals surface area contributed by atoms with Crippen molar-refractivity contribution in [3.05, 3.63) is 75.4 Å². The number of ketones is 1. The van der Waals surface area contributed by atoms with Gasteiger partial charge in [-0.2, -0.15) is 0 Å². The minimum Gasteiger partial charge on any atom is -0.384 e. The third-order valence-corrected chi connectivity index (χ3v) is 10.3. The van der Waals surface area contributed by atoms with E-state index in [2.05, 4.69) is 10.2 Å². The fraction of sp³-hybridized carbons (Fsp3) is 0.321.